The first-order valence-corrected chi connectivity index (χ1v) is 35.6. The van der Waals surface area contributed by atoms with Crippen molar-refractivity contribution in [1.29, 1.82) is 0 Å². The lowest BCUT2D eigenvalue weighted by atomic mass is 9.72. The van der Waals surface area contributed by atoms with Crippen LogP contribution in [0.15, 0.2) is 146 Å². The molecule has 0 radical (unpaired) electrons. The van der Waals surface area contributed by atoms with E-state index in [1.807, 2.05) is 24.3 Å². The van der Waals surface area contributed by atoms with Crippen molar-refractivity contribution in [2.75, 3.05) is 26.4 Å². The number of ether oxygens (including phenoxy) is 8. The van der Waals surface area contributed by atoms with Gasteiger partial charge in [0.25, 0.3) is 0 Å². The third kappa shape index (κ3) is 10.8. The molecule has 0 saturated heterocycles. The van der Waals surface area contributed by atoms with Crippen molar-refractivity contribution in [3.63, 3.8) is 0 Å². The van der Waals surface area contributed by atoms with E-state index in [4.69, 9.17) is 37.9 Å². The van der Waals surface area contributed by atoms with Gasteiger partial charge in [-0.25, -0.2) is 0 Å². The second-order valence-electron chi connectivity index (χ2n) is 30.7. The SMILES string of the molecule is CC1(C)CC23CC(C)(C)c4ccc(cc42)Oc2ccc(cc2C(F)(F)F)-c2sc(c4c2OCCO4)-c2ccc(c(C(F)(F)F)c2)Oc2ccc4c(c2)C2(CC(C)(C)c5ccc(cc52)Oc2ccc(cc2C(F)(F)F)-c2sc(c5c2OCCO5)-c2ccc(c(C(F)(F)F)c2)Oc2ccc1c3c2)CC4(C)C. The highest BCUT2D eigenvalue weighted by Crippen LogP contribution is 2.67. The van der Waals surface area contributed by atoms with Crippen LogP contribution < -0.4 is 37.9 Å². The normalized spacial score (nSPS) is 18.6. The minimum absolute atomic E-state index is 0.0106. The largest absolute Gasteiger partial charge is 0.485 e. The first kappa shape index (κ1) is 67.9. The van der Waals surface area contributed by atoms with E-state index in [9.17, 15) is 0 Å². The predicted octanol–water partition coefficient (Wildman–Crippen LogP) is 24.9. The van der Waals surface area contributed by atoms with Gasteiger partial charge in [0, 0.05) is 10.8 Å². The van der Waals surface area contributed by atoms with E-state index < -0.39 is 102 Å². The van der Waals surface area contributed by atoms with Crippen LogP contribution in [0.25, 0.3) is 41.8 Å². The van der Waals surface area contributed by atoms with Crippen molar-refractivity contribution in [2.24, 2.45) is 0 Å². The third-order valence-electron chi connectivity index (χ3n) is 21.8. The summed E-state index contributed by atoms with van der Waals surface area (Å²) in [5, 5.41) is 0. The molecule has 0 unspecified atom stereocenters. The van der Waals surface area contributed by atoms with Crippen molar-refractivity contribution in [2.45, 2.75) is 138 Å². The van der Waals surface area contributed by atoms with Crippen molar-refractivity contribution >= 4 is 22.7 Å². The number of halogens is 12. The van der Waals surface area contributed by atoms with Gasteiger partial charge < -0.3 is 37.9 Å². The van der Waals surface area contributed by atoms with Crippen molar-refractivity contribution in [3.05, 3.63) is 212 Å². The average Bonchev–Trinajstić information content (AvgIpc) is 1.53. The Hall–Kier alpha value is -9.28. The van der Waals surface area contributed by atoms with Gasteiger partial charge in [-0.2, -0.15) is 52.7 Å². The Labute approximate surface area is 598 Å². The van der Waals surface area contributed by atoms with E-state index >= 15 is 52.7 Å². The van der Waals surface area contributed by atoms with Crippen molar-refractivity contribution in [1.82, 2.24) is 0 Å². The van der Waals surface area contributed by atoms with Crippen LogP contribution in [0.3, 0.4) is 0 Å². The molecule has 2 spiro atoms. The zero-order chi connectivity index (χ0) is 73.2. The number of benzene rings is 8. The van der Waals surface area contributed by atoms with Crippen LogP contribution >= 0.6 is 22.7 Å². The maximum atomic E-state index is 15.7. The van der Waals surface area contributed by atoms with Gasteiger partial charge in [0.1, 0.15) is 72.4 Å². The van der Waals surface area contributed by atoms with E-state index in [2.05, 4.69) is 55.4 Å². The quantitative estimate of drug-likeness (QED) is 0.139. The highest BCUT2D eigenvalue weighted by atomic mass is 32.1. The summed E-state index contributed by atoms with van der Waals surface area (Å²) in [5.74, 6) is -1.73. The summed E-state index contributed by atoms with van der Waals surface area (Å²) in [4.78, 5) is 0.612. The van der Waals surface area contributed by atoms with E-state index in [0.29, 0.717) is 25.7 Å². The molecule has 20 bridgehead atoms. The van der Waals surface area contributed by atoms with E-state index in [-0.39, 0.29) is 114 Å². The molecule has 0 N–H and O–H groups in total. The molecule has 8 aromatic carbocycles. The molecule has 13 aliphatic rings. The molecule has 2 aromatic heterocycles. The molecular formula is C82H64F12O8S2. The Bertz CT molecular complexity index is 4640. The number of rotatable bonds is 0. The molecule has 104 heavy (non-hydrogen) atoms. The van der Waals surface area contributed by atoms with Crippen LogP contribution in [0.2, 0.25) is 0 Å². The smallest absolute Gasteiger partial charge is 0.420 e. The van der Waals surface area contributed by atoms with Gasteiger partial charge in [-0.1, -0.05) is 79.7 Å². The lowest BCUT2D eigenvalue weighted by Gasteiger charge is -2.31. The molecule has 11 heterocycles. The van der Waals surface area contributed by atoms with Crippen LogP contribution in [0, 0.1) is 0 Å². The predicted molar refractivity (Wildman–Crippen MR) is 371 cm³/mol. The molecule has 10 aromatic rings. The fraction of sp³-hybridized carbons (Fsp3) is 0.317. The molecule has 0 amide bonds. The summed E-state index contributed by atoms with van der Waals surface area (Å²) in [6.07, 6.45) is -18.0. The monoisotopic (exact) mass is 1470 g/mol. The standard InChI is InChI=1S/C82H64F12O8S2/c1-73(2)37-77-38-74(3,4)50-18-14-46(34-54(50)77)100-62-22-10-42(30-58(62)80(86,87)88)70-67-68(98-28-27-97-67)72(104-70)44-12-24-64(60(32-44)82(92,93)94)102-48-16-20-52-56(36-48)78(40-76(52,7)8)39-75(5,6)51-19-15-47(35-55(51)78)101-63-23-11-43(31-59(63)81(89,90)91)71-66-65(95-25-26-96-66)69(103-71)41-9-21-61(57(29-41)79(83,84)85)99-45-13-17-49(73)53(77)33-45/h9-24,29-36H,25-28,37-40H2,1-8H3. The van der Waals surface area contributed by atoms with Gasteiger partial charge in [0.15, 0.2) is 23.0 Å². The summed E-state index contributed by atoms with van der Waals surface area (Å²) in [5.41, 5.74) is -1.89. The average molecular weight is 1470 g/mol. The Morgan fingerprint density at radius 1 is 0.269 bits per heavy atom. The summed E-state index contributed by atoms with van der Waals surface area (Å²) < 4.78 is 238. The molecule has 0 fully saturated rings. The Balaban J connectivity index is 0.829. The molecule has 8 nitrogen and oxygen atoms in total. The Morgan fingerprint density at radius 2 is 0.481 bits per heavy atom. The van der Waals surface area contributed by atoms with Crippen LogP contribution in [0.1, 0.15) is 148 Å². The lowest BCUT2D eigenvalue weighted by molar-refractivity contribution is -0.139. The van der Waals surface area contributed by atoms with E-state index in [1.165, 1.54) is 48.5 Å². The molecule has 536 valence electrons. The second kappa shape index (κ2) is 22.6. The number of alkyl halides is 12. The summed E-state index contributed by atoms with van der Waals surface area (Å²) in [7, 11) is 0. The Kier molecular flexibility index (Phi) is 14.8. The van der Waals surface area contributed by atoms with Crippen molar-refractivity contribution < 1.29 is 90.6 Å². The second-order valence-corrected chi connectivity index (χ2v) is 32.8. The van der Waals surface area contributed by atoms with Gasteiger partial charge in [0.2, 0.25) is 0 Å². The summed E-state index contributed by atoms with van der Waals surface area (Å²) in [6, 6.07) is 34.6. The molecule has 9 aliphatic heterocycles. The molecule has 22 heteroatoms. The first-order valence-electron chi connectivity index (χ1n) is 33.9. The molecular weight excluding hydrogens is 1410 g/mol. The third-order valence-corrected chi connectivity index (χ3v) is 24.3. The fourth-order valence-corrected chi connectivity index (χ4v) is 20.3. The van der Waals surface area contributed by atoms with Gasteiger partial charge in [-0.05, 0) is 235 Å². The minimum Gasteiger partial charge on any atom is -0.485 e. The molecule has 0 atom stereocenters. The first-order chi connectivity index (χ1) is 48.9. The van der Waals surface area contributed by atoms with Crippen LogP contribution in [-0.4, -0.2) is 26.4 Å². The molecule has 23 rings (SSSR count). The number of hydrogen-bond acceptors (Lipinski definition) is 10. The fourth-order valence-electron chi connectivity index (χ4n) is 18.0. The summed E-state index contributed by atoms with van der Waals surface area (Å²) in [6.45, 7) is 16.4. The van der Waals surface area contributed by atoms with Crippen molar-refractivity contribution in [3.8, 4) is 111 Å². The zero-order valence-electron chi connectivity index (χ0n) is 57.1. The van der Waals surface area contributed by atoms with Crippen LogP contribution in [0.4, 0.5) is 52.7 Å². The van der Waals surface area contributed by atoms with Crippen LogP contribution in [-0.2, 0) is 57.2 Å². The van der Waals surface area contributed by atoms with Gasteiger partial charge in [0.05, 0.1) is 41.8 Å². The van der Waals surface area contributed by atoms with E-state index in [0.717, 1.165) is 91.4 Å². The van der Waals surface area contributed by atoms with Gasteiger partial charge in [-0.15, -0.1) is 22.7 Å². The zero-order valence-corrected chi connectivity index (χ0v) is 58.8. The lowest BCUT2D eigenvalue weighted by Crippen LogP contribution is -2.27. The highest BCUT2D eigenvalue weighted by molar-refractivity contribution is 7.20. The summed E-state index contributed by atoms with van der Waals surface area (Å²) >= 11 is 1.79. The minimum atomic E-state index is -5.01. The highest BCUT2D eigenvalue weighted by Gasteiger charge is 2.59. The number of fused-ring (bicyclic) bond motifs is 2. The van der Waals surface area contributed by atoms with Gasteiger partial charge in [-0.3, -0.25) is 0 Å². The van der Waals surface area contributed by atoms with Gasteiger partial charge >= 0.3 is 24.7 Å². The maximum absolute atomic E-state index is 15.7. The maximum Gasteiger partial charge on any atom is 0.420 e. The van der Waals surface area contributed by atoms with E-state index in [1.54, 1.807) is 48.5 Å². The molecule has 4 aliphatic carbocycles. The van der Waals surface area contributed by atoms with Crippen LogP contribution in [0.5, 0.6) is 69.0 Å². The number of thiophene rings is 2. The Morgan fingerprint density at radius 3 is 0.683 bits per heavy atom. The topological polar surface area (TPSA) is 73.8 Å². The number of hydrogen-bond donors (Lipinski definition) is 0. The molecule has 0 saturated carbocycles.